The Bertz CT molecular complexity index is 2780. The minimum Gasteiger partial charge on any atom is -1.00 e. The van der Waals surface area contributed by atoms with Crippen molar-refractivity contribution in [3.63, 3.8) is 0 Å². The fraction of sp³-hybridized carbons (Fsp3) is 0.273. The number of benzene rings is 6. The van der Waals surface area contributed by atoms with Gasteiger partial charge in [-0.05, 0) is 59.4 Å². The summed E-state index contributed by atoms with van der Waals surface area (Å²) in [7, 11) is 0.0370. The van der Waals surface area contributed by atoms with Gasteiger partial charge in [-0.2, -0.15) is 24.3 Å². The Kier molecular flexibility index (Phi) is 27.3. The van der Waals surface area contributed by atoms with Crippen molar-refractivity contribution in [2.75, 3.05) is 24.6 Å². The third-order valence-corrected chi connectivity index (χ3v) is 18.9. The first-order valence-corrected chi connectivity index (χ1v) is 28.5. The quantitative estimate of drug-likeness (QED) is 0.0845. The Hall–Kier alpha value is -3.03. The van der Waals surface area contributed by atoms with E-state index in [2.05, 4.69) is 263 Å². The summed E-state index contributed by atoms with van der Waals surface area (Å²) in [5.41, 5.74) is 7.89. The fourth-order valence-corrected chi connectivity index (χ4v) is 15.4. The second-order valence-electron chi connectivity index (χ2n) is 20.5. The molecule has 0 heterocycles. The zero-order valence-electron chi connectivity index (χ0n) is 44.3. The largest absolute Gasteiger partial charge is 2.00 e. The number of hydrogen-bond donors (Lipinski definition) is 0. The van der Waals surface area contributed by atoms with Gasteiger partial charge in [-0.15, -0.1) is 150 Å². The van der Waals surface area contributed by atoms with Gasteiger partial charge >= 0.3 is 52.4 Å². The molecule has 0 spiro atoms. The molecule has 10 aromatic carbocycles. The summed E-state index contributed by atoms with van der Waals surface area (Å²) in [6, 6.07) is 70.3. The molecule has 0 fully saturated rings. The van der Waals surface area contributed by atoms with Crippen molar-refractivity contribution in [3.05, 3.63) is 205 Å². The van der Waals surface area contributed by atoms with Crippen LogP contribution in [0.5, 0.6) is 0 Å². The molecule has 0 aromatic heterocycles. The van der Waals surface area contributed by atoms with E-state index in [4.69, 9.17) is 0 Å². The topological polar surface area (TPSA) is 0 Å². The standard InChI is InChI=1S/2C17H24P.2C16H13.2ClH.2Zr/c2*1-13(2)11-18(12-14(3)4)17-9-15-7-5-6-8-16(15)10-17;2*1-12-10-14-8-5-9-15(16(14)11-12)13-6-3-2-4-7-13;;;;/h2*5-10,13-14H,11-12H2,1-4H3;2*2-11H,1H3;2*1H;;/q4*-1;;;2*+2/p-2. The third kappa shape index (κ3) is 18.1. The predicted molar refractivity (Wildman–Crippen MR) is 310 cm³/mol. The third-order valence-electron chi connectivity index (χ3n) is 12.2. The van der Waals surface area contributed by atoms with E-state index in [-0.39, 0.29) is 93.1 Å². The Morgan fingerprint density at radius 2 is 0.653 bits per heavy atom. The first-order chi connectivity index (χ1) is 32.8. The summed E-state index contributed by atoms with van der Waals surface area (Å²) < 4.78 is 0. The average Bonchev–Trinajstić information content (AvgIpc) is 4.13. The molecule has 0 aliphatic heterocycles. The molecule has 0 aliphatic rings. The van der Waals surface area contributed by atoms with E-state index in [1.54, 1.807) is 10.6 Å². The van der Waals surface area contributed by atoms with Gasteiger partial charge in [-0.1, -0.05) is 181 Å². The summed E-state index contributed by atoms with van der Waals surface area (Å²) >= 11 is 0. The maximum absolute atomic E-state index is 2.42. The van der Waals surface area contributed by atoms with E-state index in [1.807, 2.05) is 0 Å². The molecule has 6 heteroatoms. The number of hydrogen-bond acceptors (Lipinski definition) is 0. The van der Waals surface area contributed by atoms with Crippen molar-refractivity contribution in [2.24, 2.45) is 23.7 Å². The molecule has 0 radical (unpaired) electrons. The monoisotopic (exact) mass is 1180 g/mol. The maximum atomic E-state index is 2.42. The van der Waals surface area contributed by atoms with E-state index in [1.165, 1.54) is 101 Å². The van der Waals surface area contributed by atoms with Crippen molar-refractivity contribution in [2.45, 2.75) is 69.2 Å². The molecule has 0 saturated carbocycles. The van der Waals surface area contributed by atoms with Crippen LogP contribution in [0.4, 0.5) is 0 Å². The van der Waals surface area contributed by atoms with Crippen LogP contribution in [0.2, 0.25) is 0 Å². The average molecular weight is 1180 g/mol. The van der Waals surface area contributed by atoms with Gasteiger partial charge in [0.2, 0.25) is 0 Å². The van der Waals surface area contributed by atoms with Crippen LogP contribution in [-0.2, 0) is 52.4 Å². The summed E-state index contributed by atoms with van der Waals surface area (Å²) in [6.07, 6.45) is 5.46. The molecule has 0 atom stereocenters. The molecule has 72 heavy (non-hydrogen) atoms. The molecule has 0 saturated heterocycles. The second-order valence-corrected chi connectivity index (χ2v) is 25.1. The van der Waals surface area contributed by atoms with Gasteiger partial charge in [0.15, 0.2) is 0 Å². The first kappa shape index (κ1) is 63.3. The van der Waals surface area contributed by atoms with E-state index in [9.17, 15) is 0 Å². The molecule has 10 aromatic rings. The Balaban J connectivity index is 0.000000249. The Morgan fingerprint density at radius 1 is 0.347 bits per heavy atom. The maximum Gasteiger partial charge on any atom is 2.00 e. The van der Waals surface area contributed by atoms with Crippen LogP contribution in [-0.4, -0.2) is 24.6 Å². The van der Waals surface area contributed by atoms with Gasteiger partial charge in [0.05, 0.1) is 0 Å². The molecule has 10 rings (SSSR count). The van der Waals surface area contributed by atoms with Crippen molar-refractivity contribution in [1.29, 1.82) is 0 Å². The molecule has 372 valence electrons. The number of aryl methyl sites for hydroxylation is 2. The molecular weight excluding hydrogens is 1110 g/mol. The van der Waals surface area contributed by atoms with Gasteiger partial charge in [-0.3, -0.25) is 0 Å². The van der Waals surface area contributed by atoms with Crippen LogP contribution in [0.3, 0.4) is 0 Å². The van der Waals surface area contributed by atoms with Crippen molar-refractivity contribution >= 4 is 69.5 Å². The van der Waals surface area contributed by atoms with E-state index in [0.717, 1.165) is 23.7 Å². The van der Waals surface area contributed by atoms with E-state index < -0.39 is 0 Å². The van der Waals surface area contributed by atoms with Crippen LogP contribution in [0.15, 0.2) is 194 Å². The zero-order valence-corrected chi connectivity index (χ0v) is 52.5. The fourth-order valence-electron chi connectivity index (χ4n) is 9.48. The summed E-state index contributed by atoms with van der Waals surface area (Å²) in [4.78, 5) is 0. The summed E-state index contributed by atoms with van der Waals surface area (Å²) in [5.74, 6) is 3.20. The van der Waals surface area contributed by atoms with Gasteiger partial charge in [0.1, 0.15) is 0 Å². The number of rotatable bonds is 12. The number of fused-ring (bicyclic) bond motifs is 4. The van der Waals surface area contributed by atoms with E-state index in [0.29, 0.717) is 0 Å². The van der Waals surface area contributed by atoms with Gasteiger partial charge in [0, 0.05) is 0 Å². The van der Waals surface area contributed by atoms with E-state index >= 15 is 0 Å². The van der Waals surface area contributed by atoms with Crippen molar-refractivity contribution in [3.8, 4) is 22.3 Å². The van der Waals surface area contributed by atoms with Crippen molar-refractivity contribution < 1.29 is 77.2 Å². The van der Waals surface area contributed by atoms with Crippen LogP contribution in [0.1, 0.15) is 66.5 Å². The first-order valence-electron chi connectivity index (χ1n) is 25.0. The smallest absolute Gasteiger partial charge is 1.00 e. The number of halogens is 2. The Labute approximate surface area is 487 Å². The van der Waals surface area contributed by atoms with Crippen LogP contribution < -0.4 is 35.4 Å². The molecular formula is C66H74Cl2P2Zr2-2. The summed E-state index contributed by atoms with van der Waals surface area (Å²) in [5, 5.41) is 14.2. The molecule has 0 bridgehead atoms. The molecule has 0 amide bonds. The molecule has 0 N–H and O–H groups in total. The van der Waals surface area contributed by atoms with Gasteiger partial charge < -0.3 is 24.8 Å². The summed E-state index contributed by atoms with van der Waals surface area (Å²) in [6.45, 7) is 23.1. The normalized spacial score (nSPS) is 10.9. The van der Waals surface area contributed by atoms with Crippen LogP contribution >= 0.6 is 15.8 Å². The van der Waals surface area contributed by atoms with Gasteiger partial charge in [-0.25, -0.2) is 0 Å². The second kappa shape index (κ2) is 31.1. The van der Waals surface area contributed by atoms with Crippen LogP contribution in [0, 0.1) is 37.5 Å². The minimum absolute atomic E-state index is 0. The minimum atomic E-state index is 0. The SMILES string of the molecule is CC(C)CP(CC(C)C)c1cc2ccccc2[cH-]1.CC(C)CP(CC(C)C)c1cc2ccccc2[cH-]1.Cc1cc2c(-c3ccccc3)cccc2[cH-]1.Cc1cc2c(-c3ccccc3)cccc2[cH-]1.[Cl-].[Cl-].[Zr+2].[Zr+2]. The Morgan fingerprint density at radius 3 is 0.972 bits per heavy atom. The molecule has 0 nitrogen and oxygen atoms in total. The zero-order chi connectivity index (χ0) is 48.2. The van der Waals surface area contributed by atoms with Crippen LogP contribution in [0.25, 0.3) is 65.3 Å². The molecule has 0 unspecified atom stereocenters. The predicted octanol–water partition coefficient (Wildman–Crippen LogP) is 13.0. The van der Waals surface area contributed by atoms with Gasteiger partial charge in [0.25, 0.3) is 0 Å². The van der Waals surface area contributed by atoms with Crippen molar-refractivity contribution in [1.82, 2.24) is 0 Å². The molecule has 0 aliphatic carbocycles.